The zero-order chi connectivity index (χ0) is 42.8. The maximum Gasteiger partial charge on any atom is 0.160 e. The number of rotatable bonds is 7. The minimum Gasteiger partial charge on any atom is -0.228 e. The molecule has 302 valence electrons. The predicted octanol–water partition coefficient (Wildman–Crippen LogP) is 16.8. The van der Waals surface area contributed by atoms with E-state index in [1.165, 1.54) is 64.7 Å². The van der Waals surface area contributed by atoms with Gasteiger partial charge in [-0.15, -0.1) is 11.3 Å². The predicted molar refractivity (Wildman–Crippen MR) is 271 cm³/mol. The molecule has 0 radical (unpaired) electrons. The van der Waals surface area contributed by atoms with Crippen molar-refractivity contribution in [2.24, 2.45) is 0 Å². The van der Waals surface area contributed by atoms with E-state index >= 15 is 0 Å². The van der Waals surface area contributed by atoms with Gasteiger partial charge in [-0.1, -0.05) is 184 Å². The molecular weight excluding hydrogens is 793 g/mol. The van der Waals surface area contributed by atoms with Crippen molar-refractivity contribution in [3.8, 4) is 89.5 Å². The molecule has 1 aliphatic carbocycles. The van der Waals surface area contributed by atoms with Gasteiger partial charge in [-0.3, -0.25) is 0 Å². The van der Waals surface area contributed by atoms with Crippen LogP contribution in [0.3, 0.4) is 0 Å². The molecule has 2 aromatic heterocycles. The number of hydrogen-bond donors (Lipinski definition) is 0. The fourth-order valence-corrected chi connectivity index (χ4v) is 11.0. The molecule has 12 rings (SSSR count). The van der Waals surface area contributed by atoms with E-state index in [4.69, 9.17) is 9.97 Å². The molecular formula is C61H42N2S. The van der Waals surface area contributed by atoms with Crippen LogP contribution in [0, 0.1) is 0 Å². The summed E-state index contributed by atoms with van der Waals surface area (Å²) in [4.78, 5) is 10.7. The first kappa shape index (κ1) is 38.0. The van der Waals surface area contributed by atoms with E-state index in [0.29, 0.717) is 5.82 Å². The van der Waals surface area contributed by atoms with E-state index in [1.54, 1.807) is 0 Å². The van der Waals surface area contributed by atoms with Gasteiger partial charge >= 0.3 is 0 Å². The minimum absolute atomic E-state index is 0.0379. The van der Waals surface area contributed by atoms with Gasteiger partial charge in [0.05, 0.1) is 11.4 Å². The van der Waals surface area contributed by atoms with Crippen molar-refractivity contribution in [2.75, 3.05) is 0 Å². The number of hydrogen-bond acceptors (Lipinski definition) is 3. The molecule has 0 fully saturated rings. The molecule has 0 atom stereocenters. The van der Waals surface area contributed by atoms with Gasteiger partial charge in [-0.2, -0.15) is 0 Å². The largest absolute Gasteiger partial charge is 0.228 e. The number of fused-ring (bicyclic) bond motifs is 6. The summed E-state index contributed by atoms with van der Waals surface area (Å²) in [6.07, 6.45) is 0. The molecule has 0 spiro atoms. The van der Waals surface area contributed by atoms with Crippen LogP contribution in [0.4, 0.5) is 0 Å². The van der Waals surface area contributed by atoms with Gasteiger partial charge in [-0.25, -0.2) is 9.97 Å². The van der Waals surface area contributed by atoms with Crippen molar-refractivity contribution in [1.82, 2.24) is 9.97 Å². The van der Waals surface area contributed by atoms with E-state index in [1.807, 2.05) is 17.4 Å². The summed E-state index contributed by atoms with van der Waals surface area (Å²) in [6.45, 7) is 4.67. The summed E-state index contributed by atoms with van der Waals surface area (Å²) >= 11 is 1.86. The van der Waals surface area contributed by atoms with E-state index < -0.39 is 0 Å². The smallest absolute Gasteiger partial charge is 0.160 e. The first-order chi connectivity index (χ1) is 31.4. The Labute approximate surface area is 377 Å². The number of thiophene rings is 1. The van der Waals surface area contributed by atoms with Crippen LogP contribution in [-0.4, -0.2) is 9.97 Å². The Morgan fingerprint density at radius 1 is 0.328 bits per heavy atom. The van der Waals surface area contributed by atoms with Crippen LogP contribution in [0.5, 0.6) is 0 Å². The standard InChI is InChI=1S/C61H42N2S/c1-61(2)54-28-11-9-24-50(54)53-37-44(30-31-55(53)61)42-21-14-23-45(33-42)56-38-57(63-60(62-56)40-18-7-4-8-19-40)48-35-46(43-22-13-20-41(32-43)39-16-5-3-6-17-39)34-47(36-48)49-26-15-27-52-51-25-10-12-29-58(51)64-59(49)52/h3-38H,1-2H3. The number of benzene rings is 9. The van der Waals surface area contributed by atoms with Crippen LogP contribution in [0.1, 0.15) is 25.0 Å². The summed E-state index contributed by atoms with van der Waals surface area (Å²) in [7, 11) is 0. The summed E-state index contributed by atoms with van der Waals surface area (Å²) < 4.78 is 2.58. The highest BCUT2D eigenvalue weighted by atomic mass is 32.1. The normalized spacial score (nSPS) is 12.7. The zero-order valence-corrected chi connectivity index (χ0v) is 36.4. The highest BCUT2D eigenvalue weighted by molar-refractivity contribution is 7.26. The molecule has 0 N–H and O–H groups in total. The Morgan fingerprint density at radius 2 is 0.844 bits per heavy atom. The van der Waals surface area contributed by atoms with Crippen molar-refractivity contribution in [1.29, 1.82) is 0 Å². The number of aromatic nitrogens is 2. The molecule has 0 saturated heterocycles. The quantitative estimate of drug-likeness (QED) is 0.160. The molecule has 11 aromatic rings. The van der Waals surface area contributed by atoms with E-state index in [9.17, 15) is 0 Å². The van der Waals surface area contributed by atoms with Crippen LogP contribution in [0.2, 0.25) is 0 Å². The van der Waals surface area contributed by atoms with Crippen LogP contribution in [0.25, 0.3) is 110 Å². The van der Waals surface area contributed by atoms with Gasteiger partial charge in [0.25, 0.3) is 0 Å². The van der Waals surface area contributed by atoms with Gasteiger partial charge in [0, 0.05) is 42.3 Å². The minimum atomic E-state index is -0.0379. The SMILES string of the molecule is CC1(C)c2ccccc2-c2cc(-c3cccc(-c4cc(-c5cc(-c6cccc(-c7ccccc7)c6)cc(-c6cccc7c6sc6ccccc67)c5)nc(-c5ccccc5)n4)c3)ccc21. The summed E-state index contributed by atoms with van der Waals surface area (Å²) in [5.74, 6) is 0.694. The second-order valence-corrected chi connectivity index (χ2v) is 18.4. The molecule has 2 nitrogen and oxygen atoms in total. The molecule has 0 amide bonds. The van der Waals surface area contributed by atoms with Crippen molar-refractivity contribution < 1.29 is 0 Å². The van der Waals surface area contributed by atoms with Crippen LogP contribution in [0.15, 0.2) is 218 Å². The molecule has 1 aliphatic rings. The topological polar surface area (TPSA) is 25.8 Å². The molecule has 0 aliphatic heterocycles. The van der Waals surface area contributed by atoms with Crippen molar-refractivity contribution >= 4 is 31.5 Å². The van der Waals surface area contributed by atoms with Crippen molar-refractivity contribution in [3.05, 3.63) is 230 Å². The molecule has 64 heavy (non-hydrogen) atoms. The number of nitrogens with zero attached hydrogens (tertiary/aromatic N) is 2. The van der Waals surface area contributed by atoms with Gasteiger partial charge < -0.3 is 0 Å². The Kier molecular flexibility index (Phi) is 9.06. The van der Waals surface area contributed by atoms with Gasteiger partial charge in [0.1, 0.15) is 0 Å². The lowest BCUT2D eigenvalue weighted by atomic mass is 9.82. The molecule has 2 heterocycles. The van der Waals surface area contributed by atoms with Gasteiger partial charge in [0.2, 0.25) is 0 Å². The monoisotopic (exact) mass is 834 g/mol. The third-order valence-corrected chi connectivity index (χ3v) is 14.3. The Morgan fingerprint density at radius 3 is 1.66 bits per heavy atom. The van der Waals surface area contributed by atoms with Gasteiger partial charge in [0.15, 0.2) is 5.82 Å². The van der Waals surface area contributed by atoms with Crippen molar-refractivity contribution in [3.63, 3.8) is 0 Å². The molecule has 0 bridgehead atoms. The fourth-order valence-electron chi connectivity index (χ4n) is 9.80. The highest BCUT2D eigenvalue weighted by Crippen LogP contribution is 2.50. The second kappa shape index (κ2) is 15.3. The lowest BCUT2D eigenvalue weighted by molar-refractivity contribution is 0.660. The molecule has 3 heteroatoms. The average Bonchev–Trinajstić information content (AvgIpc) is 3.86. The van der Waals surface area contributed by atoms with Crippen molar-refractivity contribution in [2.45, 2.75) is 19.3 Å². The van der Waals surface area contributed by atoms with Crippen LogP contribution >= 0.6 is 11.3 Å². The van der Waals surface area contributed by atoms with E-state index in [2.05, 4.69) is 226 Å². The summed E-state index contributed by atoms with van der Waals surface area (Å²) in [6, 6.07) is 79.2. The lowest BCUT2D eigenvalue weighted by Gasteiger charge is -2.21. The third-order valence-electron chi connectivity index (χ3n) is 13.1. The van der Waals surface area contributed by atoms with E-state index in [0.717, 1.165) is 50.3 Å². The zero-order valence-electron chi connectivity index (χ0n) is 35.6. The second-order valence-electron chi connectivity index (χ2n) is 17.4. The molecule has 0 unspecified atom stereocenters. The van der Waals surface area contributed by atoms with Crippen LogP contribution < -0.4 is 0 Å². The lowest BCUT2D eigenvalue weighted by Crippen LogP contribution is -2.14. The maximum absolute atomic E-state index is 5.38. The highest BCUT2D eigenvalue weighted by Gasteiger charge is 2.35. The molecule has 9 aromatic carbocycles. The third kappa shape index (κ3) is 6.56. The Hall–Kier alpha value is -7.72. The summed E-state index contributed by atoms with van der Waals surface area (Å²) in [5.41, 5.74) is 19.5. The summed E-state index contributed by atoms with van der Waals surface area (Å²) in [5, 5.41) is 2.57. The fraction of sp³-hybridized carbons (Fsp3) is 0.0492. The first-order valence-corrected chi connectivity index (χ1v) is 22.8. The average molecular weight is 835 g/mol. The van der Waals surface area contributed by atoms with E-state index in [-0.39, 0.29) is 5.41 Å². The Bertz CT molecular complexity index is 3580. The first-order valence-electron chi connectivity index (χ1n) is 22.0. The maximum atomic E-state index is 5.38. The Balaban J connectivity index is 1.04. The van der Waals surface area contributed by atoms with Gasteiger partial charge in [-0.05, 0) is 115 Å². The molecule has 0 saturated carbocycles. The van der Waals surface area contributed by atoms with Crippen LogP contribution in [-0.2, 0) is 5.41 Å².